The minimum atomic E-state index is -0.172. The topological polar surface area (TPSA) is 63.2 Å². The standard InChI is InChI=1S/C17H19N3O2/c1-22-16-11-13(6-8-19-16)17(21)20-14-4-2-12(3-5-14)10-15-7-9-18-15/h2-6,8,11,15,18H,7,9-10H2,1H3,(H,20,21)/t15-/m0/s1. The molecule has 1 aliphatic heterocycles. The Hall–Kier alpha value is -2.40. The summed E-state index contributed by atoms with van der Waals surface area (Å²) in [5, 5.41) is 6.27. The molecular formula is C17H19N3O2. The van der Waals surface area contributed by atoms with Gasteiger partial charge in [0.05, 0.1) is 7.11 Å². The van der Waals surface area contributed by atoms with Crippen molar-refractivity contribution in [3.8, 4) is 5.88 Å². The molecule has 1 fully saturated rings. The number of hydrogen-bond acceptors (Lipinski definition) is 4. The first-order valence-electron chi connectivity index (χ1n) is 7.38. The molecule has 1 atom stereocenters. The van der Waals surface area contributed by atoms with Crippen molar-refractivity contribution in [1.82, 2.24) is 10.3 Å². The van der Waals surface area contributed by atoms with E-state index in [0.717, 1.165) is 18.7 Å². The molecule has 0 bridgehead atoms. The second-order valence-corrected chi connectivity index (χ2v) is 5.38. The normalized spacial score (nSPS) is 16.7. The average Bonchev–Trinajstić information content (AvgIpc) is 2.52. The molecule has 0 saturated carbocycles. The molecule has 5 nitrogen and oxygen atoms in total. The van der Waals surface area contributed by atoms with Crippen LogP contribution >= 0.6 is 0 Å². The van der Waals surface area contributed by atoms with Crippen molar-refractivity contribution >= 4 is 11.6 Å². The first-order valence-corrected chi connectivity index (χ1v) is 7.38. The van der Waals surface area contributed by atoms with Crippen molar-refractivity contribution in [2.75, 3.05) is 19.0 Å². The minimum Gasteiger partial charge on any atom is -0.481 e. The van der Waals surface area contributed by atoms with Gasteiger partial charge in [-0.2, -0.15) is 0 Å². The second-order valence-electron chi connectivity index (χ2n) is 5.38. The number of pyridine rings is 1. The third-order valence-electron chi connectivity index (χ3n) is 3.83. The quantitative estimate of drug-likeness (QED) is 0.888. The van der Waals surface area contributed by atoms with Gasteiger partial charge in [-0.1, -0.05) is 12.1 Å². The van der Waals surface area contributed by atoms with Crippen LogP contribution in [0, 0.1) is 0 Å². The highest BCUT2D eigenvalue weighted by Crippen LogP contribution is 2.16. The van der Waals surface area contributed by atoms with Gasteiger partial charge in [0.1, 0.15) is 0 Å². The number of amides is 1. The summed E-state index contributed by atoms with van der Waals surface area (Å²) in [4.78, 5) is 16.2. The van der Waals surface area contributed by atoms with E-state index in [1.807, 2.05) is 12.1 Å². The molecule has 2 aromatic rings. The van der Waals surface area contributed by atoms with Gasteiger partial charge in [0, 0.05) is 29.6 Å². The number of carbonyl (C=O) groups is 1. The van der Waals surface area contributed by atoms with E-state index in [9.17, 15) is 4.79 Å². The van der Waals surface area contributed by atoms with Crippen LogP contribution in [-0.2, 0) is 6.42 Å². The van der Waals surface area contributed by atoms with Crippen LogP contribution in [0.2, 0.25) is 0 Å². The van der Waals surface area contributed by atoms with E-state index in [1.165, 1.54) is 19.1 Å². The molecule has 0 spiro atoms. The van der Waals surface area contributed by atoms with Crippen molar-refractivity contribution < 1.29 is 9.53 Å². The molecule has 3 rings (SSSR count). The molecule has 1 aromatic carbocycles. The first-order chi connectivity index (χ1) is 10.7. The Kier molecular flexibility index (Phi) is 4.34. The van der Waals surface area contributed by atoms with Crippen molar-refractivity contribution in [2.45, 2.75) is 18.9 Å². The van der Waals surface area contributed by atoms with Crippen molar-refractivity contribution in [1.29, 1.82) is 0 Å². The van der Waals surface area contributed by atoms with Crippen molar-refractivity contribution in [2.24, 2.45) is 0 Å². The Morgan fingerprint density at radius 2 is 2.14 bits per heavy atom. The number of carbonyl (C=O) groups excluding carboxylic acids is 1. The number of hydrogen-bond donors (Lipinski definition) is 2. The molecule has 1 amide bonds. The molecule has 0 radical (unpaired) electrons. The fourth-order valence-electron chi connectivity index (χ4n) is 2.40. The fraction of sp³-hybridized carbons (Fsp3) is 0.294. The number of nitrogens with one attached hydrogen (secondary N) is 2. The van der Waals surface area contributed by atoms with Crippen LogP contribution < -0.4 is 15.4 Å². The maximum Gasteiger partial charge on any atom is 0.255 e. The molecule has 114 valence electrons. The van der Waals surface area contributed by atoms with Crippen LogP contribution in [-0.4, -0.2) is 30.6 Å². The second kappa shape index (κ2) is 6.58. The number of methoxy groups -OCH3 is 1. The number of rotatable bonds is 5. The predicted octanol–water partition coefficient (Wildman–Crippen LogP) is 2.25. The first kappa shape index (κ1) is 14.5. The van der Waals surface area contributed by atoms with E-state index in [1.54, 1.807) is 18.3 Å². The molecular weight excluding hydrogens is 278 g/mol. The molecule has 1 aromatic heterocycles. The summed E-state index contributed by atoms with van der Waals surface area (Å²) in [7, 11) is 1.53. The van der Waals surface area contributed by atoms with Crippen LogP contribution in [0.1, 0.15) is 22.3 Å². The Morgan fingerprint density at radius 3 is 2.77 bits per heavy atom. The number of ether oxygens (including phenoxy) is 1. The lowest BCUT2D eigenvalue weighted by molar-refractivity contribution is 0.102. The van der Waals surface area contributed by atoms with Crippen LogP contribution in [0.4, 0.5) is 5.69 Å². The van der Waals surface area contributed by atoms with Gasteiger partial charge in [-0.3, -0.25) is 4.79 Å². The van der Waals surface area contributed by atoms with Crippen LogP contribution in [0.15, 0.2) is 42.6 Å². The fourth-order valence-corrected chi connectivity index (χ4v) is 2.40. The monoisotopic (exact) mass is 297 g/mol. The summed E-state index contributed by atoms with van der Waals surface area (Å²) < 4.78 is 5.03. The molecule has 1 saturated heterocycles. The Morgan fingerprint density at radius 1 is 1.36 bits per heavy atom. The third kappa shape index (κ3) is 3.43. The lowest BCUT2D eigenvalue weighted by atomic mass is 9.98. The summed E-state index contributed by atoms with van der Waals surface area (Å²) in [5.74, 6) is 0.255. The van der Waals surface area contributed by atoms with E-state index in [0.29, 0.717) is 17.5 Å². The zero-order valence-corrected chi connectivity index (χ0v) is 12.5. The Labute approximate surface area is 129 Å². The highest BCUT2D eigenvalue weighted by Gasteiger charge is 2.16. The summed E-state index contributed by atoms with van der Waals surface area (Å²) >= 11 is 0. The molecule has 0 aliphatic carbocycles. The van der Waals surface area contributed by atoms with E-state index >= 15 is 0 Å². The molecule has 2 heterocycles. The van der Waals surface area contributed by atoms with Crippen LogP contribution in [0.25, 0.3) is 0 Å². The molecule has 2 N–H and O–H groups in total. The average molecular weight is 297 g/mol. The predicted molar refractivity (Wildman–Crippen MR) is 85.3 cm³/mol. The van der Waals surface area contributed by atoms with Gasteiger partial charge < -0.3 is 15.4 Å². The lowest BCUT2D eigenvalue weighted by Crippen LogP contribution is -2.44. The smallest absolute Gasteiger partial charge is 0.255 e. The third-order valence-corrected chi connectivity index (χ3v) is 3.83. The van der Waals surface area contributed by atoms with Gasteiger partial charge >= 0.3 is 0 Å². The van der Waals surface area contributed by atoms with E-state index in [-0.39, 0.29) is 5.91 Å². The minimum absolute atomic E-state index is 0.172. The Balaban J connectivity index is 1.62. The lowest BCUT2D eigenvalue weighted by Gasteiger charge is -2.27. The molecule has 1 aliphatic rings. The van der Waals surface area contributed by atoms with Crippen molar-refractivity contribution in [3.05, 3.63) is 53.7 Å². The zero-order valence-electron chi connectivity index (χ0n) is 12.5. The molecule has 5 heteroatoms. The van der Waals surface area contributed by atoms with Crippen molar-refractivity contribution in [3.63, 3.8) is 0 Å². The SMILES string of the molecule is COc1cc(C(=O)Nc2ccc(C[C@@H]3CCN3)cc2)ccn1. The number of aromatic nitrogens is 1. The summed E-state index contributed by atoms with van der Waals surface area (Å²) in [5.41, 5.74) is 2.58. The summed E-state index contributed by atoms with van der Waals surface area (Å²) in [6.07, 6.45) is 3.83. The van der Waals surface area contributed by atoms with Gasteiger partial charge in [0.25, 0.3) is 5.91 Å². The highest BCUT2D eigenvalue weighted by molar-refractivity contribution is 6.04. The van der Waals surface area contributed by atoms with Crippen LogP contribution in [0.5, 0.6) is 5.88 Å². The van der Waals surface area contributed by atoms with E-state index in [2.05, 4.69) is 27.8 Å². The molecule has 22 heavy (non-hydrogen) atoms. The van der Waals surface area contributed by atoms with Gasteiger partial charge in [-0.05, 0) is 43.1 Å². The van der Waals surface area contributed by atoms with Crippen LogP contribution in [0.3, 0.4) is 0 Å². The highest BCUT2D eigenvalue weighted by atomic mass is 16.5. The number of nitrogens with zero attached hydrogens (tertiary/aromatic N) is 1. The number of benzene rings is 1. The summed E-state index contributed by atoms with van der Waals surface area (Å²) in [6.45, 7) is 1.12. The zero-order chi connectivity index (χ0) is 15.4. The van der Waals surface area contributed by atoms with Gasteiger partial charge in [-0.15, -0.1) is 0 Å². The largest absolute Gasteiger partial charge is 0.481 e. The van der Waals surface area contributed by atoms with E-state index < -0.39 is 0 Å². The van der Waals surface area contributed by atoms with Gasteiger partial charge in [0.15, 0.2) is 0 Å². The summed E-state index contributed by atoms with van der Waals surface area (Å²) in [6, 6.07) is 11.9. The number of anilines is 1. The molecule has 0 unspecified atom stereocenters. The van der Waals surface area contributed by atoms with Gasteiger partial charge in [-0.25, -0.2) is 4.98 Å². The van der Waals surface area contributed by atoms with Gasteiger partial charge in [0.2, 0.25) is 5.88 Å². The maximum atomic E-state index is 12.2. The van der Waals surface area contributed by atoms with E-state index in [4.69, 9.17) is 4.74 Å². The maximum absolute atomic E-state index is 12.2. The Bertz CT molecular complexity index is 651.